The predicted molar refractivity (Wildman–Crippen MR) is 116 cm³/mol. The smallest absolute Gasteiger partial charge is 0.278 e. The molecule has 2 N–H and O–H groups in total. The molecule has 170 valence electrons. The number of nitro groups is 1. The lowest BCUT2D eigenvalue weighted by molar-refractivity contribution is -0.386. The van der Waals surface area contributed by atoms with E-state index in [1.165, 1.54) is 12.1 Å². The van der Waals surface area contributed by atoms with Crippen molar-refractivity contribution in [1.29, 1.82) is 0 Å². The monoisotopic (exact) mass is 441 g/mol. The Morgan fingerprint density at radius 1 is 1.19 bits per heavy atom. The molecule has 0 radical (unpaired) electrons. The second kappa shape index (κ2) is 9.97. The molecule has 0 spiro atoms. The van der Waals surface area contributed by atoms with Crippen LogP contribution in [-0.4, -0.2) is 46.8 Å². The number of aliphatic hydroxyl groups is 1. The van der Waals surface area contributed by atoms with Crippen molar-refractivity contribution in [2.75, 3.05) is 19.9 Å². The molecule has 1 heterocycles. The maximum atomic E-state index is 13.6. The molecule has 1 fully saturated rings. The molecule has 1 amide bonds. The number of nitrogens with one attached hydrogen (secondary N) is 1. The number of nitro benzene ring substituents is 1. The second-order valence-corrected chi connectivity index (χ2v) is 8.09. The van der Waals surface area contributed by atoms with E-state index in [0.29, 0.717) is 12.3 Å². The van der Waals surface area contributed by atoms with Gasteiger partial charge in [0.15, 0.2) is 11.5 Å². The van der Waals surface area contributed by atoms with E-state index in [2.05, 4.69) is 5.32 Å². The zero-order valence-electron chi connectivity index (χ0n) is 17.7. The highest BCUT2D eigenvalue weighted by Crippen LogP contribution is 2.42. The maximum Gasteiger partial charge on any atom is 0.278 e. The summed E-state index contributed by atoms with van der Waals surface area (Å²) in [7, 11) is 0. The van der Waals surface area contributed by atoms with Crippen LogP contribution < -0.4 is 14.8 Å². The van der Waals surface area contributed by atoms with Gasteiger partial charge in [0.2, 0.25) is 12.7 Å². The van der Waals surface area contributed by atoms with E-state index < -0.39 is 11.0 Å². The Morgan fingerprint density at radius 3 is 2.53 bits per heavy atom. The van der Waals surface area contributed by atoms with Gasteiger partial charge in [0.25, 0.3) is 5.69 Å². The summed E-state index contributed by atoms with van der Waals surface area (Å²) in [6.07, 6.45) is 3.87. The molecule has 9 nitrogen and oxygen atoms in total. The highest BCUT2D eigenvalue weighted by Gasteiger charge is 2.36. The molecule has 32 heavy (non-hydrogen) atoms. The van der Waals surface area contributed by atoms with E-state index >= 15 is 0 Å². The second-order valence-electron chi connectivity index (χ2n) is 8.09. The van der Waals surface area contributed by atoms with Crippen LogP contribution in [0.1, 0.15) is 42.9 Å². The number of nitrogens with zero attached hydrogens (tertiary/aromatic N) is 2. The fourth-order valence-corrected chi connectivity index (χ4v) is 4.42. The highest BCUT2D eigenvalue weighted by atomic mass is 16.7. The fraction of sp³-hybridized carbons (Fsp3) is 0.435. The molecule has 0 unspecified atom stereocenters. The van der Waals surface area contributed by atoms with E-state index in [4.69, 9.17) is 9.47 Å². The van der Waals surface area contributed by atoms with Crippen molar-refractivity contribution in [2.24, 2.45) is 0 Å². The lowest BCUT2D eigenvalue weighted by Gasteiger charge is -2.31. The SMILES string of the molecule is O=C(NC1CCCC1)[C@@H](c1cc2c(cc1[N+](=O)[O-])OCO2)N(CCO)Cc1ccccc1. The molecule has 0 saturated heterocycles. The molecule has 1 aliphatic heterocycles. The van der Waals surface area contributed by atoms with Crippen LogP contribution >= 0.6 is 0 Å². The molecule has 4 rings (SSSR count). The van der Waals surface area contributed by atoms with Crippen LogP contribution in [0.5, 0.6) is 11.5 Å². The standard InChI is InChI=1S/C23H27N3O6/c27-11-10-25(14-16-6-2-1-3-7-16)22(23(28)24-17-8-4-5-9-17)18-12-20-21(32-15-31-20)13-19(18)26(29)30/h1-3,6-7,12-13,17,22,27H,4-5,8-11,14-15H2,(H,24,28)/t22-/m1/s1. The number of fused-ring (bicyclic) bond motifs is 1. The van der Waals surface area contributed by atoms with E-state index in [0.717, 1.165) is 31.2 Å². The van der Waals surface area contributed by atoms with Crippen molar-refractivity contribution in [1.82, 2.24) is 10.2 Å². The molecular weight excluding hydrogens is 414 g/mol. The lowest BCUT2D eigenvalue weighted by atomic mass is 9.99. The average molecular weight is 441 g/mol. The minimum Gasteiger partial charge on any atom is -0.454 e. The van der Waals surface area contributed by atoms with Crippen LogP contribution in [-0.2, 0) is 11.3 Å². The van der Waals surface area contributed by atoms with Gasteiger partial charge in [-0.05, 0) is 24.5 Å². The number of aliphatic hydroxyl groups excluding tert-OH is 1. The van der Waals surface area contributed by atoms with Crippen LogP contribution in [0.25, 0.3) is 0 Å². The normalized spacial score (nSPS) is 16.3. The van der Waals surface area contributed by atoms with Gasteiger partial charge in [-0.15, -0.1) is 0 Å². The molecule has 2 aromatic rings. The van der Waals surface area contributed by atoms with E-state index in [-0.39, 0.29) is 48.9 Å². The number of hydrogen-bond donors (Lipinski definition) is 2. The molecule has 1 saturated carbocycles. The minimum atomic E-state index is -0.974. The summed E-state index contributed by atoms with van der Waals surface area (Å²) in [5, 5.41) is 24.8. The first-order valence-electron chi connectivity index (χ1n) is 10.8. The third-order valence-corrected chi connectivity index (χ3v) is 5.94. The van der Waals surface area contributed by atoms with Gasteiger partial charge in [0.1, 0.15) is 6.04 Å². The number of rotatable bonds is 9. The lowest BCUT2D eigenvalue weighted by Crippen LogP contribution is -2.44. The summed E-state index contributed by atoms with van der Waals surface area (Å²) >= 11 is 0. The molecule has 2 aromatic carbocycles. The van der Waals surface area contributed by atoms with Gasteiger partial charge in [-0.2, -0.15) is 0 Å². The van der Waals surface area contributed by atoms with E-state index in [9.17, 15) is 20.0 Å². The molecule has 9 heteroatoms. The van der Waals surface area contributed by atoms with Crippen molar-refractivity contribution in [3.63, 3.8) is 0 Å². The van der Waals surface area contributed by atoms with Crippen molar-refractivity contribution < 1.29 is 24.3 Å². The Kier molecular flexibility index (Phi) is 6.87. The molecule has 0 aromatic heterocycles. The van der Waals surface area contributed by atoms with Crippen LogP contribution in [0.2, 0.25) is 0 Å². The average Bonchev–Trinajstić information content (AvgIpc) is 3.45. The Bertz CT molecular complexity index is 962. The molecule has 1 aliphatic carbocycles. The van der Waals surface area contributed by atoms with Crippen LogP contribution in [0.15, 0.2) is 42.5 Å². The van der Waals surface area contributed by atoms with Crippen molar-refractivity contribution in [3.05, 3.63) is 63.7 Å². The number of amides is 1. The van der Waals surface area contributed by atoms with Gasteiger partial charge >= 0.3 is 0 Å². The highest BCUT2D eigenvalue weighted by molar-refractivity contribution is 5.85. The van der Waals surface area contributed by atoms with Gasteiger partial charge in [-0.1, -0.05) is 43.2 Å². The molecular formula is C23H27N3O6. The molecule has 2 aliphatic rings. The number of ether oxygens (including phenoxy) is 2. The van der Waals surface area contributed by atoms with Crippen LogP contribution in [0, 0.1) is 10.1 Å². The summed E-state index contributed by atoms with van der Waals surface area (Å²) in [5.41, 5.74) is 0.943. The van der Waals surface area contributed by atoms with Crippen molar-refractivity contribution >= 4 is 11.6 Å². The first kappa shape index (κ1) is 22.0. The van der Waals surface area contributed by atoms with Gasteiger partial charge in [-0.25, -0.2) is 0 Å². The maximum absolute atomic E-state index is 13.6. The quantitative estimate of drug-likeness (QED) is 0.454. The Hall–Kier alpha value is -3.17. The largest absolute Gasteiger partial charge is 0.454 e. The van der Waals surface area contributed by atoms with Gasteiger partial charge < -0.3 is 19.9 Å². The summed E-state index contributed by atoms with van der Waals surface area (Å²) in [4.78, 5) is 26.8. The van der Waals surface area contributed by atoms with E-state index in [1.54, 1.807) is 4.90 Å². The zero-order chi connectivity index (χ0) is 22.5. The number of benzene rings is 2. The van der Waals surface area contributed by atoms with Gasteiger partial charge in [-0.3, -0.25) is 19.8 Å². The Balaban J connectivity index is 1.76. The van der Waals surface area contributed by atoms with Gasteiger partial charge in [0.05, 0.1) is 23.2 Å². The van der Waals surface area contributed by atoms with Crippen molar-refractivity contribution in [2.45, 2.75) is 44.3 Å². The van der Waals surface area contributed by atoms with Crippen LogP contribution in [0.4, 0.5) is 5.69 Å². The molecule has 0 bridgehead atoms. The van der Waals surface area contributed by atoms with Crippen molar-refractivity contribution in [3.8, 4) is 11.5 Å². The molecule has 1 atom stereocenters. The summed E-state index contributed by atoms with van der Waals surface area (Å²) in [6.45, 7) is 0.288. The zero-order valence-corrected chi connectivity index (χ0v) is 17.7. The topological polar surface area (TPSA) is 114 Å². The minimum absolute atomic E-state index is 0.0285. The third-order valence-electron chi connectivity index (χ3n) is 5.94. The predicted octanol–water partition coefficient (Wildman–Crippen LogP) is 2.92. The van der Waals surface area contributed by atoms with E-state index in [1.807, 2.05) is 30.3 Å². The summed E-state index contributed by atoms with van der Waals surface area (Å²) in [6, 6.07) is 11.4. The first-order chi connectivity index (χ1) is 15.6. The Labute approximate surface area is 186 Å². The Morgan fingerprint density at radius 2 is 1.88 bits per heavy atom. The van der Waals surface area contributed by atoms with Crippen LogP contribution in [0.3, 0.4) is 0 Å². The van der Waals surface area contributed by atoms with Gasteiger partial charge in [0, 0.05) is 19.1 Å². The summed E-state index contributed by atoms with van der Waals surface area (Å²) < 4.78 is 10.8. The number of hydrogen-bond acceptors (Lipinski definition) is 7. The fourth-order valence-electron chi connectivity index (χ4n) is 4.42. The first-order valence-corrected chi connectivity index (χ1v) is 10.8. The number of carbonyl (C=O) groups excluding carboxylic acids is 1. The summed E-state index contributed by atoms with van der Waals surface area (Å²) in [5.74, 6) is 0.336. The third kappa shape index (κ3) is 4.84. The number of carbonyl (C=O) groups is 1.